The molecule has 8 heteroatoms. The van der Waals surface area contributed by atoms with Gasteiger partial charge in [0.05, 0.1) is 31.5 Å². The number of hydrogen-bond donors (Lipinski definition) is 1. The lowest BCUT2D eigenvalue weighted by molar-refractivity contribution is -0.136. The maximum Gasteiger partial charge on any atom is 0.346 e. The number of aliphatic carboxylic acids is 1. The third kappa shape index (κ3) is 6.86. The van der Waals surface area contributed by atoms with Gasteiger partial charge in [0, 0.05) is 18.5 Å². The number of pyridine rings is 1. The van der Waals surface area contributed by atoms with Crippen molar-refractivity contribution >= 4 is 5.97 Å². The van der Waals surface area contributed by atoms with Gasteiger partial charge in [-0.15, -0.1) is 0 Å². The SMILES string of the molecule is CCn1c(CCCc2ccc(-c3ccc(OC)c(CC(=O)O)n3)cc2)nn(Cc2ccc(C(C)(C)C)cc2)c1=O. The average molecular weight is 543 g/mol. The molecular formula is C32H38N4O4. The highest BCUT2D eigenvalue weighted by molar-refractivity contribution is 5.71. The summed E-state index contributed by atoms with van der Waals surface area (Å²) in [4.78, 5) is 28.7. The van der Waals surface area contributed by atoms with E-state index in [1.165, 1.54) is 18.2 Å². The van der Waals surface area contributed by atoms with Gasteiger partial charge in [-0.3, -0.25) is 9.36 Å². The number of aryl methyl sites for hydroxylation is 2. The van der Waals surface area contributed by atoms with Crippen LogP contribution in [0.25, 0.3) is 11.3 Å². The quantitative estimate of drug-likeness (QED) is 0.277. The van der Waals surface area contributed by atoms with Crippen molar-refractivity contribution in [2.45, 2.75) is 71.9 Å². The number of rotatable bonds is 11. The second-order valence-corrected chi connectivity index (χ2v) is 11.0. The van der Waals surface area contributed by atoms with Crippen LogP contribution in [0.5, 0.6) is 5.75 Å². The van der Waals surface area contributed by atoms with E-state index in [2.05, 4.69) is 67.3 Å². The second kappa shape index (κ2) is 12.3. The number of carboxylic acids is 1. The van der Waals surface area contributed by atoms with Gasteiger partial charge in [0.15, 0.2) is 0 Å². The van der Waals surface area contributed by atoms with E-state index in [1.807, 2.05) is 25.1 Å². The lowest BCUT2D eigenvalue weighted by atomic mass is 9.87. The number of carbonyl (C=O) groups is 1. The van der Waals surface area contributed by atoms with Gasteiger partial charge >= 0.3 is 11.7 Å². The van der Waals surface area contributed by atoms with Crippen molar-refractivity contribution in [3.8, 4) is 17.0 Å². The molecule has 2 heterocycles. The smallest absolute Gasteiger partial charge is 0.346 e. The van der Waals surface area contributed by atoms with E-state index in [9.17, 15) is 14.7 Å². The molecule has 2 aromatic carbocycles. The molecule has 0 radical (unpaired) electrons. The molecule has 0 aliphatic heterocycles. The lowest BCUT2D eigenvalue weighted by Gasteiger charge is -2.19. The molecule has 2 aromatic heterocycles. The molecule has 4 aromatic rings. The summed E-state index contributed by atoms with van der Waals surface area (Å²) >= 11 is 0. The Labute approximate surface area is 235 Å². The van der Waals surface area contributed by atoms with Crippen molar-refractivity contribution in [2.24, 2.45) is 0 Å². The van der Waals surface area contributed by atoms with Crippen LogP contribution < -0.4 is 10.4 Å². The van der Waals surface area contributed by atoms with Gasteiger partial charge in [0.2, 0.25) is 0 Å². The van der Waals surface area contributed by atoms with Crippen molar-refractivity contribution in [3.05, 3.63) is 99.4 Å². The summed E-state index contributed by atoms with van der Waals surface area (Å²) in [6, 6.07) is 20.1. The van der Waals surface area contributed by atoms with E-state index in [1.54, 1.807) is 15.3 Å². The number of methoxy groups -OCH3 is 1. The van der Waals surface area contributed by atoms with E-state index in [0.717, 1.165) is 29.8 Å². The van der Waals surface area contributed by atoms with Gasteiger partial charge in [-0.05, 0) is 54.0 Å². The Kier molecular flexibility index (Phi) is 8.87. The van der Waals surface area contributed by atoms with Crippen molar-refractivity contribution in [1.82, 2.24) is 19.3 Å². The van der Waals surface area contributed by atoms with E-state index in [0.29, 0.717) is 36.6 Å². The van der Waals surface area contributed by atoms with Crippen LogP contribution in [-0.4, -0.2) is 37.5 Å². The molecule has 210 valence electrons. The topological polar surface area (TPSA) is 99.2 Å². The Hall–Kier alpha value is -4.20. The Bertz CT molecular complexity index is 1510. The molecule has 0 amide bonds. The maximum absolute atomic E-state index is 13.0. The largest absolute Gasteiger partial charge is 0.495 e. The molecule has 8 nitrogen and oxygen atoms in total. The molecule has 0 aliphatic rings. The molecular weight excluding hydrogens is 504 g/mol. The van der Waals surface area contributed by atoms with E-state index in [-0.39, 0.29) is 17.5 Å². The van der Waals surface area contributed by atoms with Crippen LogP contribution in [0.4, 0.5) is 0 Å². The monoisotopic (exact) mass is 542 g/mol. The van der Waals surface area contributed by atoms with Crippen LogP contribution >= 0.6 is 0 Å². The van der Waals surface area contributed by atoms with Crippen molar-refractivity contribution in [3.63, 3.8) is 0 Å². The summed E-state index contributed by atoms with van der Waals surface area (Å²) in [6.07, 6.45) is 2.22. The molecule has 0 fully saturated rings. The highest BCUT2D eigenvalue weighted by atomic mass is 16.5. The predicted molar refractivity (Wildman–Crippen MR) is 156 cm³/mol. The normalized spacial score (nSPS) is 11.5. The van der Waals surface area contributed by atoms with Gasteiger partial charge < -0.3 is 9.84 Å². The molecule has 40 heavy (non-hydrogen) atoms. The summed E-state index contributed by atoms with van der Waals surface area (Å²) < 4.78 is 8.58. The van der Waals surface area contributed by atoms with Crippen molar-refractivity contribution in [1.29, 1.82) is 0 Å². The number of carboxylic acid groups (broad SMARTS) is 1. The van der Waals surface area contributed by atoms with Gasteiger partial charge in [0.1, 0.15) is 11.6 Å². The summed E-state index contributed by atoms with van der Waals surface area (Å²) in [6.45, 7) is 9.58. The van der Waals surface area contributed by atoms with E-state index in [4.69, 9.17) is 4.74 Å². The lowest BCUT2D eigenvalue weighted by Crippen LogP contribution is -2.25. The fraction of sp³-hybridized carbons (Fsp3) is 0.375. The summed E-state index contributed by atoms with van der Waals surface area (Å²) in [5.41, 5.74) is 5.53. The number of ether oxygens (including phenoxy) is 1. The summed E-state index contributed by atoms with van der Waals surface area (Å²) in [5, 5.41) is 13.9. The molecule has 0 bridgehead atoms. The number of aromatic nitrogens is 4. The summed E-state index contributed by atoms with van der Waals surface area (Å²) in [7, 11) is 1.51. The third-order valence-corrected chi connectivity index (χ3v) is 7.05. The second-order valence-electron chi connectivity index (χ2n) is 11.0. The molecule has 0 saturated carbocycles. The molecule has 0 aliphatic carbocycles. The zero-order valence-corrected chi connectivity index (χ0v) is 24.0. The van der Waals surface area contributed by atoms with Crippen LogP contribution in [-0.2, 0) is 42.6 Å². The molecule has 0 atom stereocenters. The van der Waals surface area contributed by atoms with E-state index >= 15 is 0 Å². The van der Waals surface area contributed by atoms with Gasteiger partial charge in [-0.2, -0.15) is 5.10 Å². The Morgan fingerprint density at radius 1 is 0.950 bits per heavy atom. The first kappa shape index (κ1) is 28.8. The van der Waals surface area contributed by atoms with Crippen LogP contribution in [0.15, 0.2) is 65.5 Å². The zero-order chi connectivity index (χ0) is 28.9. The van der Waals surface area contributed by atoms with Crippen molar-refractivity contribution < 1.29 is 14.6 Å². The minimum atomic E-state index is -0.952. The van der Waals surface area contributed by atoms with Crippen LogP contribution in [0, 0.1) is 0 Å². The number of hydrogen-bond acceptors (Lipinski definition) is 5. The molecule has 0 unspecified atom stereocenters. The number of benzene rings is 2. The first-order chi connectivity index (χ1) is 19.1. The van der Waals surface area contributed by atoms with Crippen LogP contribution in [0.3, 0.4) is 0 Å². The standard InChI is InChI=1S/C32H38N4O4/c1-6-35-29(34-36(31(35)39)21-23-12-16-25(17-13-23)32(2,3)4)9-7-8-22-10-14-24(15-11-22)26-18-19-28(40-5)27(33-26)20-30(37)38/h10-19H,6-9,20-21H2,1-5H3,(H,37,38). The minimum absolute atomic E-state index is 0.0731. The fourth-order valence-corrected chi connectivity index (χ4v) is 4.77. The number of nitrogens with zero attached hydrogens (tertiary/aromatic N) is 4. The Balaban J connectivity index is 1.40. The third-order valence-electron chi connectivity index (χ3n) is 7.05. The first-order valence-electron chi connectivity index (χ1n) is 13.7. The van der Waals surface area contributed by atoms with Gasteiger partial charge in [-0.25, -0.2) is 14.5 Å². The minimum Gasteiger partial charge on any atom is -0.495 e. The fourth-order valence-electron chi connectivity index (χ4n) is 4.77. The predicted octanol–water partition coefficient (Wildman–Crippen LogP) is 5.28. The molecule has 0 spiro atoms. The average Bonchev–Trinajstić information content (AvgIpc) is 3.22. The van der Waals surface area contributed by atoms with E-state index < -0.39 is 5.97 Å². The Morgan fingerprint density at radius 2 is 1.62 bits per heavy atom. The highest BCUT2D eigenvalue weighted by Gasteiger charge is 2.15. The highest BCUT2D eigenvalue weighted by Crippen LogP contribution is 2.25. The van der Waals surface area contributed by atoms with Gasteiger partial charge in [0.25, 0.3) is 0 Å². The molecule has 0 saturated heterocycles. The summed E-state index contributed by atoms with van der Waals surface area (Å²) in [5.74, 6) is 0.324. The molecule has 4 rings (SSSR count). The Morgan fingerprint density at radius 3 is 2.23 bits per heavy atom. The van der Waals surface area contributed by atoms with Gasteiger partial charge in [-0.1, -0.05) is 69.3 Å². The zero-order valence-electron chi connectivity index (χ0n) is 24.0. The van der Waals surface area contributed by atoms with Crippen LogP contribution in [0.2, 0.25) is 0 Å². The van der Waals surface area contributed by atoms with Crippen molar-refractivity contribution in [2.75, 3.05) is 7.11 Å². The van der Waals surface area contributed by atoms with Crippen LogP contribution in [0.1, 0.15) is 62.3 Å². The maximum atomic E-state index is 13.0. The first-order valence-corrected chi connectivity index (χ1v) is 13.7. The molecule has 1 N–H and O–H groups in total.